The van der Waals surface area contributed by atoms with Gasteiger partial charge in [0.1, 0.15) is 6.04 Å². The molecular weight excluding hydrogens is 523 g/mol. The lowest BCUT2D eigenvalue weighted by atomic mass is 10.0. The van der Waals surface area contributed by atoms with E-state index in [-0.39, 0.29) is 17.6 Å². The Morgan fingerprint density at radius 3 is 2.30 bits per heavy atom. The molecule has 7 heteroatoms. The minimum Gasteiger partial charge on any atom is -0.350 e. The van der Waals surface area contributed by atoms with E-state index in [1.807, 2.05) is 82.3 Å². The number of halogens is 2. The topological polar surface area (TPSA) is 49.4 Å². The fraction of sp³-hybridized carbons (Fsp3) is 0.333. The fourth-order valence-corrected chi connectivity index (χ4v) is 5.45. The van der Waals surface area contributed by atoms with E-state index in [0.29, 0.717) is 28.8 Å². The van der Waals surface area contributed by atoms with Crippen LogP contribution in [0.1, 0.15) is 43.0 Å². The van der Waals surface area contributed by atoms with E-state index in [2.05, 4.69) is 11.4 Å². The van der Waals surface area contributed by atoms with E-state index in [0.717, 1.165) is 22.3 Å². The van der Waals surface area contributed by atoms with Crippen molar-refractivity contribution >= 4 is 46.8 Å². The van der Waals surface area contributed by atoms with Crippen molar-refractivity contribution in [2.24, 2.45) is 0 Å². The normalized spacial score (nSPS) is 12.2. The van der Waals surface area contributed by atoms with Crippen LogP contribution in [0.25, 0.3) is 0 Å². The first-order chi connectivity index (χ1) is 17.5. The lowest BCUT2D eigenvalue weighted by Crippen LogP contribution is -2.54. The van der Waals surface area contributed by atoms with Crippen molar-refractivity contribution in [1.82, 2.24) is 10.2 Å². The monoisotopic (exact) mass is 556 g/mol. The van der Waals surface area contributed by atoms with Crippen molar-refractivity contribution in [3.63, 3.8) is 0 Å². The van der Waals surface area contributed by atoms with Crippen LogP contribution in [0.4, 0.5) is 0 Å². The average Bonchev–Trinajstić information content (AvgIpc) is 2.82. The van der Waals surface area contributed by atoms with Gasteiger partial charge in [0.2, 0.25) is 11.8 Å². The van der Waals surface area contributed by atoms with Gasteiger partial charge in [0.25, 0.3) is 0 Å². The number of nitrogens with one attached hydrogen (secondary N) is 1. The van der Waals surface area contributed by atoms with E-state index in [1.165, 1.54) is 11.8 Å². The Morgan fingerprint density at radius 1 is 0.946 bits per heavy atom. The zero-order chi connectivity index (χ0) is 27.0. The summed E-state index contributed by atoms with van der Waals surface area (Å²) in [5, 5.41) is 4.25. The fourth-order valence-electron chi connectivity index (χ4n) is 3.98. The van der Waals surface area contributed by atoms with Crippen LogP contribution in [0.15, 0.2) is 72.8 Å². The molecule has 0 heterocycles. The summed E-state index contributed by atoms with van der Waals surface area (Å²) in [5.41, 5.74) is 3.58. The molecule has 3 aromatic carbocycles. The molecule has 37 heavy (non-hydrogen) atoms. The van der Waals surface area contributed by atoms with Crippen LogP contribution in [0.5, 0.6) is 0 Å². The summed E-state index contributed by atoms with van der Waals surface area (Å²) in [6.07, 6.45) is 0.425. The zero-order valence-electron chi connectivity index (χ0n) is 21.8. The molecule has 0 unspecified atom stereocenters. The van der Waals surface area contributed by atoms with E-state index < -0.39 is 11.6 Å². The maximum Gasteiger partial charge on any atom is 0.243 e. The summed E-state index contributed by atoms with van der Waals surface area (Å²) in [7, 11) is 0. The number of carbonyl (C=O) groups is 2. The molecule has 3 rings (SSSR count). The van der Waals surface area contributed by atoms with Crippen molar-refractivity contribution in [2.75, 3.05) is 5.75 Å². The molecule has 196 valence electrons. The Labute approximate surface area is 234 Å². The van der Waals surface area contributed by atoms with Crippen molar-refractivity contribution in [3.05, 3.63) is 105 Å². The van der Waals surface area contributed by atoms with Crippen LogP contribution in [-0.2, 0) is 28.3 Å². The molecule has 0 bridgehead atoms. The highest BCUT2D eigenvalue weighted by Crippen LogP contribution is 2.25. The Balaban J connectivity index is 1.87. The number of thioether (sulfide) groups is 1. The summed E-state index contributed by atoms with van der Waals surface area (Å²) < 4.78 is 0. The second kappa shape index (κ2) is 13.4. The van der Waals surface area contributed by atoms with E-state index in [1.54, 1.807) is 17.0 Å². The Bertz CT molecular complexity index is 1210. The molecule has 0 aliphatic rings. The van der Waals surface area contributed by atoms with Crippen molar-refractivity contribution in [3.8, 4) is 0 Å². The molecule has 0 saturated carbocycles. The van der Waals surface area contributed by atoms with E-state index in [4.69, 9.17) is 23.2 Å². The predicted molar refractivity (Wildman–Crippen MR) is 156 cm³/mol. The van der Waals surface area contributed by atoms with Gasteiger partial charge in [-0.25, -0.2) is 0 Å². The number of benzene rings is 3. The summed E-state index contributed by atoms with van der Waals surface area (Å²) in [5.74, 6) is 0.529. The lowest BCUT2D eigenvalue weighted by molar-refractivity contribution is -0.140. The summed E-state index contributed by atoms with van der Waals surface area (Å²) in [6, 6.07) is 22.6. The van der Waals surface area contributed by atoms with Crippen molar-refractivity contribution in [2.45, 2.75) is 58.0 Å². The number of hydrogen-bond donors (Lipinski definition) is 1. The van der Waals surface area contributed by atoms with Gasteiger partial charge in [-0.1, -0.05) is 89.4 Å². The number of rotatable bonds is 10. The highest BCUT2D eigenvalue weighted by Gasteiger charge is 2.32. The third-order valence-corrected chi connectivity index (χ3v) is 7.26. The van der Waals surface area contributed by atoms with Gasteiger partial charge in [0.05, 0.1) is 5.75 Å². The molecule has 0 radical (unpaired) electrons. The van der Waals surface area contributed by atoms with Gasteiger partial charge >= 0.3 is 0 Å². The number of aryl methyl sites for hydroxylation is 1. The zero-order valence-corrected chi connectivity index (χ0v) is 24.1. The predicted octanol–water partition coefficient (Wildman–Crippen LogP) is 7.09. The highest BCUT2D eigenvalue weighted by molar-refractivity contribution is 7.99. The SMILES string of the molecule is Cc1cccc(CN(C(=O)CSCc2ccc(Cl)cc2Cl)[C@H](Cc2ccccc2)C(=O)NC(C)(C)C)c1. The number of carbonyl (C=O) groups excluding carboxylic acids is 2. The molecule has 1 N–H and O–H groups in total. The average molecular weight is 558 g/mol. The van der Waals surface area contributed by atoms with Gasteiger partial charge in [-0.05, 0) is 56.5 Å². The minimum absolute atomic E-state index is 0.0958. The largest absolute Gasteiger partial charge is 0.350 e. The lowest BCUT2D eigenvalue weighted by Gasteiger charge is -2.34. The molecule has 1 atom stereocenters. The summed E-state index contributed by atoms with van der Waals surface area (Å²) in [4.78, 5) is 29.1. The maximum atomic E-state index is 13.7. The van der Waals surface area contributed by atoms with E-state index in [9.17, 15) is 9.59 Å². The second-order valence-corrected chi connectivity index (χ2v) is 12.0. The molecule has 0 aliphatic heterocycles. The summed E-state index contributed by atoms with van der Waals surface area (Å²) in [6.45, 7) is 8.21. The molecule has 0 saturated heterocycles. The van der Waals surface area contributed by atoms with Gasteiger partial charge in [0, 0.05) is 34.3 Å². The minimum atomic E-state index is -0.658. The molecule has 4 nitrogen and oxygen atoms in total. The van der Waals surface area contributed by atoms with Gasteiger partial charge in [-0.3, -0.25) is 9.59 Å². The van der Waals surface area contributed by atoms with Crippen LogP contribution in [0.2, 0.25) is 10.0 Å². The molecule has 0 aromatic heterocycles. The Kier molecular flexibility index (Phi) is 10.5. The Morgan fingerprint density at radius 2 is 1.65 bits per heavy atom. The first-order valence-electron chi connectivity index (χ1n) is 12.2. The van der Waals surface area contributed by atoms with Crippen molar-refractivity contribution < 1.29 is 9.59 Å². The molecule has 0 aliphatic carbocycles. The third kappa shape index (κ3) is 9.41. The molecule has 0 spiro atoms. The van der Waals surface area contributed by atoms with Gasteiger partial charge < -0.3 is 10.2 Å². The number of amides is 2. The van der Waals surface area contributed by atoms with Gasteiger partial charge in [-0.15, -0.1) is 11.8 Å². The smallest absolute Gasteiger partial charge is 0.243 e. The maximum absolute atomic E-state index is 13.7. The molecular formula is C30H34Cl2N2O2S. The van der Waals surface area contributed by atoms with Gasteiger partial charge in [0.15, 0.2) is 0 Å². The first-order valence-corrected chi connectivity index (χ1v) is 14.2. The van der Waals surface area contributed by atoms with Crippen LogP contribution < -0.4 is 5.32 Å². The standard InChI is InChI=1S/C30H34Cl2N2O2S/c1-21-9-8-12-23(15-21)18-34(28(35)20-37-19-24-13-14-25(31)17-26(24)32)27(29(36)33-30(2,3)4)16-22-10-6-5-7-11-22/h5-15,17,27H,16,18-20H2,1-4H3,(H,33,36)/t27-/m1/s1. The van der Waals surface area contributed by atoms with Crippen LogP contribution >= 0.6 is 35.0 Å². The number of hydrogen-bond acceptors (Lipinski definition) is 3. The first kappa shape index (κ1) is 29.1. The Hall–Kier alpha value is -2.47. The molecule has 0 fully saturated rings. The number of nitrogens with zero attached hydrogens (tertiary/aromatic N) is 1. The third-order valence-electron chi connectivity index (χ3n) is 5.70. The van der Waals surface area contributed by atoms with Crippen LogP contribution in [0, 0.1) is 6.92 Å². The van der Waals surface area contributed by atoms with Crippen LogP contribution in [0.3, 0.4) is 0 Å². The van der Waals surface area contributed by atoms with E-state index >= 15 is 0 Å². The quantitative estimate of drug-likeness (QED) is 0.290. The van der Waals surface area contributed by atoms with Gasteiger partial charge in [-0.2, -0.15) is 0 Å². The highest BCUT2D eigenvalue weighted by atomic mass is 35.5. The summed E-state index contributed by atoms with van der Waals surface area (Å²) >= 11 is 13.8. The van der Waals surface area contributed by atoms with Crippen LogP contribution in [-0.4, -0.2) is 34.0 Å². The second-order valence-electron chi connectivity index (χ2n) is 10.2. The van der Waals surface area contributed by atoms with Crippen molar-refractivity contribution in [1.29, 1.82) is 0 Å². The molecule has 3 aromatic rings. The molecule has 2 amide bonds.